The molecule has 4 heteroatoms. The van der Waals surface area contributed by atoms with E-state index in [1.807, 2.05) is 12.1 Å². The lowest BCUT2D eigenvalue weighted by Crippen LogP contribution is -2.30. The van der Waals surface area contributed by atoms with Crippen molar-refractivity contribution in [1.29, 1.82) is 0 Å². The molecule has 1 fully saturated rings. The minimum Gasteiger partial charge on any atom is -0.473 e. The van der Waals surface area contributed by atoms with Gasteiger partial charge in [-0.25, -0.2) is 0 Å². The van der Waals surface area contributed by atoms with Crippen molar-refractivity contribution in [3.8, 4) is 5.88 Å². The van der Waals surface area contributed by atoms with Gasteiger partial charge in [0.1, 0.15) is 6.10 Å². The highest BCUT2D eigenvalue weighted by molar-refractivity contribution is 5.12. The Labute approximate surface area is 122 Å². The van der Waals surface area contributed by atoms with E-state index >= 15 is 0 Å². The van der Waals surface area contributed by atoms with E-state index in [9.17, 15) is 0 Å². The number of nitrogens with one attached hydrogen (secondary N) is 1. The first-order chi connectivity index (χ1) is 9.83. The standard InChI is InChI=1S/C16H27N3O/c1-3-11-17-12-14-9-10-16(19-18-14)20-15-8-6-5-7-13(15)4-2/h9-10,13,15,17H,3-8,11-12H2,1-2H3. The molecular weight excluding hydrogens is 250 g/mol. The molecule has 112 valence electrons. The van der Waals surface area contributed by atoms with Crippen molar-refractivity contribution in [1.82, 2.24) is 15.5 Å². The van der Waals surface area contributed by atoms with Crippen LogP contribution in [0.4, 0.5) is 0 Å². The minimum atomic E-state index is 0.326. The molecule has 1 aromatic rings. The lowest BCUT2D eigenvalue weighted by molar-refractivity contribution is 0.0847. The Kier molecular flexibility index (Phi) is 6.25. The number of hydrogen-bond acceptors (Lipinski definition) is 4. The number of nitrogens with zero attached hydrogens (tertiary/aromatic N) is 2. The van der Waals surface area contributed by atoms with Crippen LogP contribution in [0, 0.1) is 5.92 Å². The van der Waals surface area contributed by atoms with E-state index in [1.165, 1.54) is 25.7 Å². The van der Waals surface area contributed by atoms with Crippen LogP contribution in [0.1, 0.15) is 58.1 Å². The molecule has 20 heavy (non-hydrogen) atoms. The molecule has 0 amide bonds. The molecule has 2 rings (SSSR count). The van der Waals surface area contributed by atoms with Gasteiger partial charge in [0, 0.05) is 12.6 Å². The van der Waals surface area contributed by atoms with Crippen LogP contribution in [0.25, 0.3) is 0 Å². The van der Waals surface area contributed by atoms with Crippen molar-refractivity contribution in [3.63, 3.8) is 0 Å². The quantitative estimate of drug-likeness (QED) is 0.777. The van der Waals surface area contributed by atoms with Gasteiger partial charge in [0.15, 0.2) is 0 Å². The van der Waals surface area contributed by atoms with E-state index in [0.29, 0.717) is 17.9 Å². The van der Waals surface area contributed by atoms with Gasteiger partial charge in [-0.3, -0.25) is 0 Å². The van der Waals surface area contributed by atoms with Crippen LogP contribution < -0.4 is 10.1 Å². The summed E-state index contributed by atoms with van der Waals surface area (Å²) in [5.41, 5.74) is 0.974. The van der Waals surface area contributed by atoms with Crippen LogP contribution in [0.5, 0.6) is 5.88 Å². The maximum atomic E-state index is 6.05. The second kappa shape index (κ2) is 8.20. The van der Waals surface area contributed by atoms with Crippen molar-refractivity contribution >= 4 is 0 Å². The fourth-order valence-corrected chi connectivity index (χ4v) is 2.85. The second-order valence-corrected chi connectivity index (χ2v) is 5.65. The van der Waals surface area contributed by atoms with Gasteiger partial charge in [0.05, 0.1) is 5.69 Å². The van der Waals surface area contributed by atoms with Gasteiger partial charge in [-0.2, -0.15) is 5.10 Å². The Bertz CT molecular complexity index is 380. The molecule has 1 N–H and O–H groups in total. The molecule has 1 aliphatic rings. The molecule has 2 atom stereocenters. The van der Waals surface area contributed by atoms with Crippen molar-refractivity contribution in [3.05, 3.63) is 17.8 Å². The summed E-state index contributed by atoms with van der Waals surface area (Å²) in [6.07, 6.45) is 7.70. The van der Waals surface area contributed by atoms with E-state index in [2.05, 4.69) is 29.4 Å². The monoisotopic (exact) mass is 277 g/mol. The first-order valence-corrected chi connectivity index (χ1v) is 8.03. The van der Waals surface area contributed by atoms with Gasteiger partial charge in [-0.15, -0.1) is 5.10 Å². The van der Waals surface area contributed by atoms with Gasteiger partial charge in [0.2, 0.25) is 5.88 Å². The first kappa shape index (κ1) is 15.2. The molecule has 1 aliphatic carbocycles. The molecule has 0 radical (unpaired) electrons. The van der Waals surface area contributed by atoms with Gasteiger partial charge in [-0.1, -0.05) is 20.3 Å². The Morgan fingerprint density at radius 3 is 2.75 bits per heavy atom. The summed E-state index contributed by atoms with van der Waals surface area (Å²) in [7, 11) is 0. The summed E-state index contributed by atoms with van der Waals surface area (Å²) in [5.74, 6) is 1.35. The van der Waals surface area contributed by atoms with Crippen molar-refractivity contribution in [2.75, 3.05) is 6.54 Å². The Morgan fingerprint density at radius 1 is 1.20 bits per heavy atom. The third-order valence-corrected chi connectivity index (χ3v) is 4.06. The van der Waals surface area contributed by atoms with Crippen LogP contribution in [0.2, 0.25) is 0 Å². The smallest absolute Gasteiger partial charge is 0.233 e. The van der Waals surface area contributed by atoms with Gasteiger partial charge < -0.3 is 10.1 Å². The van der Waals surface area contributed by atoms with Crippen molar-refractivity contribution in [2.45, 2.75) is 65.0 Å². The second-order valence-electron chi connectivity index (χ2n) is 5.65. The minimum absolute atomic E-state index is 0.326. The number of hydrogen-bond donors (Lipinski definition) is 1. The fraction of sp³-hybridized carbons (Fsp3) is 0.750. The van der Waals surface area contributed by atoms with Crippen LogP contribution in [0.15, 0.2) is 12.1 Å². The highest BCUT2D eigenvalue weighted by Gasteiger charge is 2.25. The van der Waals surface area contributed by atoms with Crippen LogP contribution in [-0.2, 0) is 6.54 Å². The third-order valence-electron chi connectivity index (χ3n) is 4.06. The highest BCUT2D eigenvalue weighted by Crippen LogP contribution is 2.29. The van der Waals surface area contributed by atoms with Gasteiger partial charge >= 0.3 is 0 Å². The summed E-state index contributed by atoms with van der Waals surface area (Å²) in [6, 6.07) is 3.96. The third kappa shape index (κ3) is 4.44. The topological polar surface area (TPSA) is 47.0 Å². The SMILES string of the molecule is CCCNCc1ccc(OC2CCCCC2CC)nn1. The summed E-state index contributed by atoms with van der Waals surface area (Å²) < 4.78 is 6.05. The molecule has 1 aromatic heterocycles. The average Bonchev–Trinajstić information content (AvgIpc) is 2.50. The zero-order chi connectivity index (χ0) is 14.2. The molecule has 2 unspecified atom stereocenters. The summed E-state index contributed by atoms with van der Waals surface area (Å²) in [5, 5.41) is 11.8. The first-order valence-electron chi connectivity index (χ1n) is 8.03. The molecule has 1 heterocycles. The van der Waals surface area contributed by atoms with Gasteiger partial charge in [-0.05, 0) is 50.6 Å². The van der Waals surface area contributed by atoms with E-state index in [0.717, 1.165) is 31.6 Å². The molecule has 0 spiro atoms. The molecule has 0 saturated heterocycles. The lowest BCUT2D eigenvalue weighted by atomic mass is 9.85. The maximum absolute atomic E-state index is 6.05. The molecule has 4 nitrogen and oxygen atoms in total. The van der Waals surface area contributed by atoms with Crippen LogP contribution in [-0.4, -0.2) is 22.8 Å². The molecular formula is C16H27N3O. The lowest BCUT2D eigenvalue weighted by Gasteiger charge is -2.30. The van der Waals surface area contributed by atoms with E-state index in [1.54, 1.807) is 0 Å². The maximum Gasteiger partial charge on any atom is 0.233 e. The average molecular weight is 277 g/mol. The number of rotatable bonds is 7. The number of ether oxygens (including phenoxy) is 1. The molecule has 0 aromatic carbocycles. The molecule has 1 saturated carbocycles. The highest BCUT2D eigenvalue weighted by atomic mass is 16.5. The number of aromatic nitrogens is 2. The van der Waals surface area contributed by atoms with Crippen molar-refractivity contribution < 1.29 is 4.74 Å². The summed E-state index contributed by atoms with van der Waals surface area (Å²) >= 11 is 0. The summed E-state index contributed by atoms with van der Waals surface area (Å²) in [4.78, 5) is 0. The molecule has 0 bridgehead atoms. The largest absolute Gasteiger partial charge is 0.473 e. The van der Waals surface area contributed by atoms with E-state index < -0.39 is 0 Å². The van der Waals surface area contributed by atoms with E-state index in [4.69, 9.17) is 4.74 Å². The van der Waals surface area contributed by atoms with Gasteiger partial charge in [0.25, 0.3) is 0 Å². The van der Waals surface area contributed by atoms with Crippen molar-refractivity contribution in [2.24, 2.45) is 5.92 Å². The molecule has 0 aliphatic heterocycles. The normalized spacial score (nSPS) is 22.7. The van der Waals surface area contributed by atoms with Crippen LogP contribution in [0.3, 0.4) is 0 Å². The summed E-state index contributed by atoms with van der Waals surface area (Å²) in [6.45, 7) is 6.20. The predicted octanol–water partition coefficient (Wildman–Crippen LogP) is 3.32. The zero-order valence-corrected chi connectivity index (χ0v) is 12.8. The Morgan fingerprint density at radius 2 is 2.05 bits per heavy atom. The Balaban J connectivity index is 1.86. The van der Waals surface area contributed by atoms with Crippen LogP contribution >= 0.6 is 0 Å². The fourth-order valence-electron chi connectivity index (χ4n) is 2.85. The zero-order valence-electron chi connectivity index (χ0n) is 12.8. The predicted molar refractivity (Wildman–Crippen MR) is 80.7 cm³/mol. The Hall–Kier alpha value is -1.16. The van der Waals surface area contributed by atoms with E-state index in [-0.39, 0.29) is 0 Å².